The van der Waals surface area contributed by atoms with E-state index in [0.717, 1.165) is 70.6 Å². The van der Waals surface area contributed by atoms with Gasteiger partial charge in [-0.15, -0.1) is 0 Å². The summed E-state index contributed by atoms with van der Waals surface area (Å²) in [5.41, 5.74) is -1.21. The van der Waals surface area contributed by atoms with Crippen LogP contribution < -0.4 is 16.0 Å². The van der Waals surface area contributed by atoms with Crippen LogP contribution in [0.15, 0.2) is 0 Å². The molecule has 0 aliphatic heterocycles. The minimum atomic E-state index is -0.832. The van der Waals surface area contributed by atoms with Gasteiger partial charge in [0.2, 0.25) is 17.7 Å². The van der Waals surface area contributed by atoms with E-state index in [4.69, 9.17) is 9.47 Å². The molecule has 0 saturated heterocycles. The van der Waals surface area contributed by atoms with Gasteiger partial charge in [-0.05, 0) is 78.1 Å². The van der Waals surface area contributed by atoms with Crippen LogP contribution in [0.4, 0.5) is 0 Å². The third-order valence-corrected chi connectivity index (χ3v) is 14.6. The predicted octanol–water partition coefficient (Wildman–Crippen LogP) is 16.2. The molecule has 392 valence electrons. The van der Waals surface area contributed by atoms with E-state index in [-0.39, 0.29) is 40.9 Å². The van der Waals surface area contributed by atoms with Gasteiger partial charge in [-0.25, -0.2) is 0 Å². The van der Waals surface area contributed by atoms with Crippen LogP contribution in [0.1, 0.15) is 307 Å². The number of amides is 3. The molecule has 0 aromatic rings. The molecule has 0 saturated carbocycles. The largest absolute Gasteiger partial charge is 0.379 e. The molecule has 3 N–H and O–H groups in total. The first-order valence-electron chi connectivity index (χ1n) is 28.6. The highest BCUT2D eigenvalue weighted by Gasteiger charge is 2.39. The minimum Gasteiger partial charge on any atom is -0.379 e. The summed E-state index contributed by atoms with van der Waals surface area (Å²) in [6.45, 7) is 22.6. The predicted molar refractivity (Wildman–Crippen MR) is 284 cm³/mol. The molecule has 0 heterocycles. The Morgan fingerprint density at radius 3 is 1.23 bits per heavy atom. The molecule has 8 heteroatoms. The molecule has 3 amide bonds. The highest BCUT2D eigenvalue weighted by molar-refractivity contribution is 5.89. The van der Waals surface area contributed by atoms with E-state index < -0.39 is 11.6 Å². The number of unbranched alkanes of at least 4 members (excludes halogenated alkanes) is 28. The first-order chi connectivity index (χ1) is 31.5. The smallest absolute Gasteiger partial charge is 0.244 e. The fourth-order valence-corrected chi connectivity index (χ4v) is 9.79. The second-order valence-electron chi connectivity index (χ2n) is 22.6. The van der Waals surface area contributed by atoms with Crippen LogP contribution in [-0.2, 0) is 23.9 Å². The van der Waals surface area contributed by atoms with E-state index in [1.54, 1.807) is 7.11 Å². The normalized spacial score (nSPS) is 14.4. The second kappa shape index (κ2) is 40.1. The van der Waals surface area contributed by atoms with Crippen LogP contribution in [0.3, 0.4) is 0 Å². The molecular formula is C58H115N3O5. The Balaban J connectivity index is 5.12. The number of carbonyl (C=O) groups excluding carboxylic acids is 3. The van der Waals surface area contributed by atoms with E-state index in [1.165, 1.54) is 154 Å². The van der Waals surface area contributed by atoms with Crippen molar-refractivity contribution in [2.45, 2.75) is 330 Å². The summed E-state index contributed by atoms with van der Waals surface area (Å²) in [5.74, 6) is -0.401. The molecule has 0 fully saturated rings. The van der Waals surface area contributed by atoms with Crippen LogP contribution in [0.5, 0.6) is 0 Å². The van der Waals surface area contributed by atoms with Crippen molar-refractivity contribution in [3.05, 3.63) is 0 Å². The van der Waals surface area contributed by atoms with Gasteiger partial charge in [-0.1, -0.05) is 221 Å². The Bertz CT molecular complexity index is 1180. The van der Waals surface area contributed by atoms with Gasteiger partial charge in [0.1, 0.15) is 6.04 Å². The lowest BCUT2D eigenvalue weighted by Gasteiger charge is -2.43. The van der Waals surface area contributed by atoms with Crippen molar-refractivity contribution in [1.29, 1.82) is 0 Å². The van der Waals surface area contributed by atoms with Crippen molar-refractivity contribution in [1.82, 2.24) is 16.0 Å². The Kier molecular flexibility index (Phi) is 39.1. The standard InChI is InChI=1S/C58H115N3O5/c1-12-16-18-20-22-24-26-28-30-32-34-36-38-40-42-44-52(62)59-48-51(60-53(63)45-43-41-39-37-35-33-31-29-27-25-23-21-19-17-13-2)54(64)61-57(9,14-3)49-55(5,6)50-58(10,15-4)66-47-46-56(7,8)65-11/h51H,12-50H2,1-11H3,(H,59,62)(H,60,63)(H,61,64). The molecule has 0 spiro atoms. The Labute approximate surface area is 411 Å². The van der Waals surface area contributed by atoms with Gasteiger partial charge in [-0.2, -0.15) is 0 Å². The van der Waals surface area contributed by atoms with Crippen molar-refractivity contribution in [3.8, 4) is 0 Å². The number of ether oxygens (including phenoxy) is 2. The molecule has 3 unspecified atom stereocenters. The molecule has 0 aromatic heterocycles. The lowest BCUT2D eigenvalue weighted by molar-refractivity contribution is -0.131. The van der Waals surface area contributed by atoms with Gasteiger partial charge in [0.25, 0.3) is 0 Å². The fraction of sp³-hybridized carbons (Fsp3) is 0.948. The average molecular weight is 935 g/mol. The van der Waals surface area contributed by atoms with Crippen LogP contribution in [0.25, 0.3) is 0 Å². The van der Waals surface area contributed by atoms with Crippen LogP contribution in [0.2, 0.25) is 0 Å². The van der Waals surface area contributed by atoms with Crippen molar-refractivity contribution < 1.29 is 23.9 Å². The van der Waals surface area contributed by atoms with Crippen molar-refractivity contribution in [2.24, 2.45) is 5.41 Å². The molecule has 66 heavy (non-hydrogen) atoms. The quantitative estimate of drug-likeness (QED) is 0.0527. The summed E-state index contributed by atoms with van der Waals surface area (Å²) in [7, 11) is 1.75. The highest BCUT2D eigenvalue weighted by atomic mass is 16.5. The summed E-state index contributed by atoms with van der Waals surface area (Å²) in [6, 6.07) is -0.832. The molecule has 0 rings (SSSR count). The third kappa shape index (κ3) is 37.3. The van der Waals surface area contributed by atoms with E-state index in [0.29, 0.717) is 19.4 Å². The zero-order valence-electron chi connectivity index (χ0n) is 46.2. The maximum atomic E-state index is 14.2. The van der Waals surface area contributed by atoms with Crippen LogP contribution in [0, 0.1) is 5.41 Å². The van der Waals surface area contributed by atoms with Gasteiger partial charge in [0.05, 0.1) is 17.8 Å². The van der Waals surface area contributed by atoms with Crippen molar-refractivity contribution in [2.75, 3.05) is 20.3 Å². The van der Waals surface area contributed by atoms with Gasteiger partial charge < -0.3 is 25.4 Å². The SMILES string of the molecule is CCCCCCCCCCCCCCCCCC(=O)NCC(NC(=O)CCCCCCCCCCCCCCCCC)C(=O)NC(C)(CC)CC(C)(C)CC(C)(CC)OCCC(C)(C)OC. The van der Waals surface area contributed by atoms with E-state index >= 15 is 0 Å². The van der Waals surface area contributed by atoms with Gasteiger partial charge in [0.15, 0.2) is 0 Å². The molecule has 0 bridgehead atoms. The maximum Gasteiger partial charge on any atom is 0.244 e. The zero-order chi connectivity index (χ0) is 49.4. The molecular weight excluding hydrogens is 819 g/mol. The van der Waals surface area contributed by atoms with Gasteiger partial charge in [0, 0.05) is 32.0 Å². The maximum absolute atomic E-state index is 14.2. The number of hydrogen-bond donors (Lipinski definition) is 3. The van der Waals surface area contributed by atoms with E-state index in [1.807, 2.05) is 0 Å². The Morgan fingerprint density at radius 2 is 0.864 bits per heavy atom. The first-order valence-corrected chi connectivity index (χ1v) is 28.6. The number of nitrogens with one attached hydrogen (secondary N) is 3. The topological polar surface area (TPSA) is 106 Å². The molecule has 0 aliphatic rings. The summed E-state index contributed by atoms with van der Waals surface area (Å²) in [6.07, 6.45) is 43.3. The van der Waals surface area contributed by atoms with Gasteiger partial charge >= 0.3 is 0 Å². The fourth-order valence-electron chi connectivity index (χ4n) is 9.79. The van der Waals surface area contributed by atoms with Gasteiger partial charge in [-0.3, -0.25) is 14.4 Å². The summed E-state index contributed by atoms with van der Waals surface area (Å²) < 4.78 is 12.2. The van der Waals surface area contributed by atoms with Crippen molar-refractivity contribution in [3.63, 3.8) is 0 Å². The second-order valence-corrected chi connectivity index (χ2v) is 22.6. The number of methoxy groups -OCH3 is 1. The molecule has 0 aliphatic carbocycles. The summed E-state index contributed by atoms with van der Waals surface area (Å²) in [5, 5.41) is 9.43. The molecule has 8 nitrogen and oxygen atoms in total. The number of rotatable bonds is 48. The van der Waals surface area contributed by atoms with E-state index in [2.05, 4.69) is 85.2 Å². The van der Waals surface area contributed by atoms with E-state index in [9.17, 15) is 14.4 Å². The lowest BCUT2D eigenvalue weighted by Crippen LogP contribution is -2.58. The first kappa shape index (κ1) is 64.3. The highest BCUT2D eigenvalue weighted by Crippen LogP contribution is 2.40. The Morgan fingerprint density at radius 1 is 0.485 bits per heavy atom. The molecule has 0 aromatic carbocycles. The third-order valence-electron chi connectivity index (χ3n) is 14.6. The minimum absolute atomic E-state index is 0.0497. The molecule has 3 atom stereocenters. The monoisotopic (exact) mass is 934 g/mol. The zero-order valence-corrected chi connectivity index (χ0v) is 46.2. The van der Waals surface area contributed by atoms with Crippen molar-refractivity contribution >= 4 is 17.7 Å². The number of hydrogen-bond acceptors (Lipinski definition) is 5. The summed E-state index contributed by atoms with van der Waals surface area (Å²) >= 11 is 0. The lowest BCUT2D eigenvalue weighted by atomic mass is 9.71. The summed E-state index contributed by atoms with van der Waals surface area (Å²) in [4.78, 5) is 40.6. The van der Waals surface area contributed by atoms with Crippen LogP contribution in [-0.4, -0.2) is 60.8 Å². The molecule has 0 radical (unpaired) electrons. The number of carbonyl (C=O) groups is 3. The van der Waals surface area contributed by atoms with Crippen LogP contribution >= 0.6 is 0 Å². The Hall–Kier alpha value is -1.67. The average Bonchev–Trinajstić information content (AvgIpc) is 3.27.